The van der Waals surface area contributed by atoms with E-state index in [0.717, 1.165) is 27.6 Å². The lowest BCUT2D eigenvalue weighted by atomic mass is 10.0. The minimum atomic E-state index is -4.62. The van der Waals surface area contributed by atoms with Crippen molar-refractivity contribution in [3.8, 4) is 5.69 Å². The number of alkyl halides is 3. The van der Waals surface area contributed by atoms with E-state index in [-0.39, 0.29) is 30.8 Å². The number of fused-ring (bicyclic) bond motifs is 1. The molecular weight excluding hydrogens is 588 g/mol. The number of halogens is 4. The standard InChI is InChI=1S/C30H30F4N4O6/c1-16-12-19(37-10-11-44-15-24(37)30(32,33)34)14-21(31)25(16)26(39)35-22(28(41)42)13-17-6-8-18(9-7-17)38-27(40)20-4-3-5-23(20)36(2)29(38)43/h6-9,12,14,22,24H,3-5,10-11,13,15H2,1-2H3,(H,35,39)(H,41,42)/t22-,24+/m0/s1. The molecule has 1 aliphatic carbocycles. The number of aryl methyl sites for hydroxylation is 1. The van der Waals surface area contributed by atoms with E-state index in [4.69, 9.17) is 4.74 Å². The first kappa shape index (κ1) is 31.0. The van der Waals surface area contributed by atoms with Gasteiger partial charge in [0.2, 0.25) is 0 Å². The molecule has 2 aromatic carbocycles. The number of carboxylic acids is 1. The number of aromatic nitrogens is 2. The van der Waals surface area contributed by atoms with E-state index in [1.54, 1.807) is 7.05 Å². The summed E-state index contributed by atoms with van der Waals surface area (Å²) in [5.74, 6) is -3.54. The maximum absolute atomic E-state index is 15.2. The van der Waals surface area contributed by atoms with E-state index in [9.17, 15) is 37.5 Å². The van der Waals surface area contributed by atoms with Gasteiger partial charge >= 0.3 is 17.8 Å². The number of carbonyl (C=O) groups is 2. The Labute approximate surface area is 248 Å². The summed E-state index contributed by atoms with van der Waals surface area (Å²) in [4.78, 5) is 51.9. The van der Waals surface area contributed by atoms with Gasteiger partial charge in [-0.05, 0) is 61.6 Å². The molecule has 0 unspecified atom stereocenters. The first-order valence-electron chi connectivity index (χ1n) is 14.0. The van der Waals surface area contributed by atoms with Gasteiger partial charge in [0, 0.05) is 37.0 Å². The number of anilines is 1. The van der Waals surface area contributed by atoms with E-state index in [2.05, 4.69) is 5.32 Å². The zero-order valence-electron chi connectivity index (χ0n) is 23.9. The van der Waals surface area contributed by atoms with Crippen LogP contribution in [-0.4, -0.2) is 64.1 Å². The third-order valence-electron chi connectivity index (χ3n) is 8.11. The fourth-order valence-corrected chi connectivity index (χ4v) is 5.85. The Hall–Kier alpha value is -4.46. The molecule has 3 aromatic rings. The van der Waals surface area contributed by atoms with Crippen LogP contribution in [0.5, 0.6) is 0 Å². The number of rotatable bonds is 7. The Kier molecular flexibility index (Phi) is 8.38. The molecule has 0 radical (unpaired) electrons. The number of morpholine rings is 1. The summed E-state index contributed by atoms with van der Waals surface area (Å²) in [5, 5.41) is 12.1. The zero-order chi connectivity index (χ0) is 31.9. The summed E-state index contributed by atoms with van der Waals surface area (Å²) in [5.41, 5.74) is 0.640. The van der Waals surface area contributed by atoms with Crippen LogP contribution < -0.4 is 21.5 Å². The van der Waals surface area contributed by atoms with Gasteiger partial charge in [-0.1, -0.05) is 12.1 Å². The Bertz CT molecular complexity index is 1710. The van der Waals surface area contributed by atoms with Crippen molar-refractivity contribution in [2.75, 3.05) is 24.7 Å². The fourth-order valence-electron chi connectivity index (χ4n) is 5.85. The number of aliphatic carboxylic acids is 1. The summed E-state index contributed by atoms with van der Waals surface area (Å²) in [7, 11) is 1.61. The van der Waals surface area contributed by atoms with Gasteiger partial charge in [0.25, 0.3) is 11.5 Å². The van der Waals surface area contributed by atoms with Crippen LogP contribution in [-0.2, 0) is 35.8 Å². The second-order valence-electron chi connectivity index (χ2n) is 10.9. The second-order valence-corrected chi connectivity index (χ2v) is 10.9. The quantitative estimate of drug-likeness (QED) is 0.391. The molecule has 1 fully saturated rings. The normalized spacial score (nSPS) is 17.3. The number of hydrogen-bond acceptors (Lipinski definition) is 6. The summed E-state index contributed by atoms with van der Waals surface area (Å²) in [6, 6.07) is 4.66. The summed E-state index contributed by atoms with van der Waals surface area (Å²) in [6.45, 7) is 0.611. The highest BCUT2D eigenvalue weighted by atomic mass is 19.4. The van der Waals surface area contributed by atoms with Crippen molar-refractivity contribution >= 4 is 17.6 Å². The fraction of sp³-hybridized carbons (Fsp3) is 0.400. The molecule has 14 heteroatoms. The summed E-state index contributed by atoms with van der Waals surface area (Å²) in [6.07, 6.45) is -2.83. The minimum Gasteiger partial charge on any atom is -0.480 e. The van der Waals surface area contributed by atoms with Crippen molar-refractivity contribution in [3.05, 3.63) is 91.0 Å². The molecular formula is C30H30F4N4O6. The highest BCUT2D eigenvalue weighted by Crippen LogP contribution is 2.33. The van der Waals surface area contributed by atoms with Gasteiger partial charge in [0.1, 0.15) is 17.9 Å². The van der Waals surface area contributed by atoms with Crippen molar-refractivity contribution in [1.82, 2.24) is 14.5 Å². The molecule has 1 saturated heterocycles. The summed E-state index contributed by atoms with van der Waals surface area (Å²) < 4.78 is 63.2. The Morgan fingerprint density at radius 2 is 1.82 bits per heavy atom. The topological polar surface area (TPSA) is 123 Å². The van der Waals surface area contributed by atoms with Crippen LogP contribution in [0.2, 0.25) is 0 Å². The molecule has 10 nitrogen and oxygen atoms in total. The predicted molar refractivity (Wildman–Crippen MR) is 151 cm³/mol. The van der Waals surface area contributed by atoms with Gasteiger partial charge in [-0.15, -0.1) is 0 Å². The maximum Gasteiger partial charge on any atom is 0.411 e. The van der Waals surface area contributed by atoms with Crippen LogP contribution in [0.25, 0.3) is 5.69 Å². The molecule has 0 bridgehead atoms. The molecule has 44 heavy (non-hydrogen) atoms. The predicted octanol–water partition coefficient (Wildman–Crippen LogP) is 2.67. The van der Waals surface area contributed by atoms with Gasteiger partial charge in [-0.25, -0.2) is 18.5 Å². The van der Waals surface area contributed by atoms with Gasteiger partial charge in [-0.2, -0.15) is 13.2 Å². The van der Waals surface area contributed by atoms with Gasteiger partial charge in [-0.3, -0.25) is 9.59 Å². The van der Waals surface area contributed by atoms with Crippen LogP contribution >= 0.6 is 0 Å². The van der Waals surface area contributed by atoms with Crippen molar-refractivity contribution < 1.29 is 37.0 Å². The minimum absolute atomic E-state index is 0.0114. The zero-order valence-corrected chi connectivity index (χ0v) is 23.9. The number of hydrogen-bond donors (Lipinski definition) is 2. The highest BCUT2D eigenvalue weighted by Gasteiger charge is 2.45. The SMILES string of the molecule is Cc1cc(N2CCOC[C@@H]2C(F)(F)F)cc(F)c1C(=O)N[C@@H](Cc1ccc(-n2c(=O)c3c(n(C)c2=O)CCC3)cc1)C(=O)O. The molecule has 2 atom stereocenters. The van der Waals surface area contributed by atoms with Crippen molar-refractivity contribution in [1.29, 1.82) is 0 Å². The van der Waals surface area contributed by atoms with Crippen LogP contribution in [0, 0.1) is 12.7 Å². The van der Waals surface area contributed by atoms with Crippen molar-refractivity contribution in [2.24, 2.45) is 7.05 Å². The molecule has 234 valence electrons. The number of nitrogens with zero attached hydrogens (tertiary/aromatic N) is 3. The Morgan fingerprint density at radius 1 is 1.11 bits per heavy atom. The van der Waals surface area contributed by atoms with Crippen LogP contribution in [0.3, 0.4) is 0 Å². The molecule has 1 amide bonds. The number of carboxylic acid groups (broad SMARTS) is 1. The molecule has 0 spiro atoms. The van der Waals surface area contributed by atoms with E-state index < -0.39 is 59.4 Å². The first-order valence-corrected chi connectivity index (χ1v) is 14.0. The smallest absolute Gasteiger partial charge is 0.411 e. The molecule has 0 saturated carbocycles. The first-order chi connectivity index (χ1) is 20.8. The third kappa shape index (κ3) is 5.85. The maximum atomic E-state index is 15.2. The lowest BCUT2D eigenvalue weighted by Crippen LogP contribution is -2.53. The average Bonchev–Trinajstić information content (AvgIpc) is 3.46. The molecule has 2 N–H and O–H groups in total. The molecule has 2 aliphatic rings. The van der Waals surface area contributed by atoms with Crippen molar-refractivity contribution in [3.63, 3.8) is 0 Å². The highest BCUT2D eigenvalue weighted by molar-refractivity contribution is 5.98. The largest absolute Gasteiger partial charge is 0.480 e. The third-order valence-corrected chi connectivity index (χ3v) is 8.11. The lowest BCUT2D eigenvalue weighted by Gasteiger charge is -2.38. The van der Waals surface area contributed by atoms with Crippen LogP contribution in [0.1, 0.15) is 39.2 Å². The van der Waals surface area contributed by atoms with E-state index >= 15 is 4.39 Å². The number of ether oxygens (including phenoxy) is 1. The number of benzene rings is 2. The average molecular weight is 619 g/mol. The molecule has 2 heterocycles. The monoisotopic (exact) mass is 618 g/mol. The number of carbonyl (C=O) groups excluding carboxylic acids is 1. The van der Waals surface area contributed by atoms with Crippen molar-refractivity contribution in [2.45, 2.75) is 50.9 Å². The van der Waals surface area contributed by atoms with E-state index in [0.29, 0.717) is 29.7 Å². The molecule has 5 rings (SSSR count). The van der Waals surface area contributed by atoms with Crippen LogP contribution in [0.15, 0.2) is 46.0 Å². The molecule has 1 aliphatic heterocycles. The van der Waals surface area contributed by atoms with Gasteiger partial charge in [0.05, 0.1) is 24.5 Å². The van der Waals surface area contributed by atoms with Gasteiger partial charge < -0.3 is 24.6 Å². The number of nitrogens with one attached hydrogen (secondary N) is 1. The Morgan fingerprint density at radius 3 is 2.45 bits per heavy atom. The Balaban J connectivity index is 1.34. The lowest BCUT2D eigenvalue weighted by molar-refractivity contribution is -0.167. The van der Waals surface area contributed by atoms with E-state index in [1.165, 1.54) is 41.8 Å². The second kappa shape index (κ2) is 11.9. The molecule has 1 aromatic heterocycles. The van der Waals surface area contributed by atoms with Crippen LogP contribution in [0.4, 0.5) is 23.2 Å². The number of amides is 1. The summed E-state index contributed by atoms with van der Waals surface area (Å²) >= 11 is 0. The van der Waals surface area contributed by atoms with E-state index in [1.807, 2.05) is 0 Å². The van der Waals surface area contributed by atoms with Gasteiger partial charge in [0.15, 0.2) is 0 Å².